The largest absolute Gasteiger partial charge is 0.392 e. The molecule has 1 aromatic rings. The minimum Gasteiger partial charge on any atom is -0.388 e. The third-order valence-electron chi connectivity index (χ3n) is 4.05. The van der Waals surface area contributed by atoms with Gasteiger partial charge in [0.25, 0.3) is 0 Å². The van der Waals surface area contributed by atoms with E-state index in [9.17, 15) is 22.7 Å². The van der Waals surface area contributed by atoms with Gasteiger partial charge < -0.3 is 5.11 Å². The Balaban J connectivity index is 2.27. The monoisotopic (exact) mass is 290 g/mol. The summed E-state index contributed by atoms with van der Waals surface area (Å²) in [6, 6.07) is 3.97. The fourth-order valence-corrected chi connectivity index (χ4v) is 3.13. The summed E-state index contributed by atoms with van der Waals surface area (Å²) in [5.41, 5.74) is 0.835. The molecule has 3 unspecified atom stereocenters. The molecule has 0 aromatic heterocycles. The van der Waals surface area contributed by atoms with Gasteiger partial charge in [-0.25, -0.2) is 4.39 Å². The van der Waals surface area contributed by atoms with E-state index in [2.05, 4.69) is 0 Å². The lowest BCUT2D eigenvalue weighted by Crippen LogP contribution is -2.36. The van der Waals surface area contributed by atoms with Gasteiger partial charge >= 0.3 is 6.18 Å². The van der Waals surface area contributed by atoms with Crippen LogP contribution in [-0.4, -0.2) is 11.3 Å². The first-order valence-corrected chi connectivity index (χ1v) is 6.81. The molecule has 0 bridgehead atoms. The van der Waals surface area contributed by atoms with Gasteiger partial charge in [0.1, 0.15) is 5.82 Å². The number of benzene rings is 1. The molecule has 0 saturated heterocycles. The van der Waals surface area contributed by atoms with Crippen molar-refractivity contribution in [2.24, 2.45) is 11.8 Å². The molecule has 1 saturated carbocycles. The van der Waals surface area contributed by atoms with Crippen molar-refractivity contribution in [3.63, 3.8) is 0 Å². The average molecular weight is 290 g/mol. The third-order valence-corrected chi connectivity index (χ3v) is 4.05. The Morgan fingerprint density at radius 3 is 2.40 bits per heavy atom. The highest BCUT2D eigenvalue weighted by Gasteiger charge is 2.47. The molecule has 3 atom stereocenters. The van der Waals surface area contributed by atoms with Crippen LogP contribution in [0.5, 0.6) is 0 Å². The number of hydrogen-bond acceptors (Lipinski definition) is 1. The number of halogens is 4. The summed E-state index contributed by atoms with van der Waals surface area (Å²) in [5, 5.41) is 10.3. The molecule has 112 valence electrons. The van der Waals surface area contributed by atoms with Gasteiger partial charge in [0.15, 0.2) is 0 Å². The van der Waals surface area contributed by atoms with Gasteiger partial charge in [-0.15, -0.1) is 0 Å². The van der Waals surface area contributed by atoms with Crippen LogP contribution in [0.4, 0.5) is 17.6 Å². The number of aryl methyl sites for hydroxylation is 1. The zero-order valence-corrected chi connectivity index (χ0v) is 11.3. The predicted octanol–water partition coefficient (Wildman–Crippen LogP) is 4.54. The van der Waals surface area contributed by atoms with Crippen molar-refractivity contribution in [1.29, 1.82) is 0 Å². The van der Waals surface area contributed by atoms with Gasteiger partial charge in [-0.2, -0.15) is 13.2 Å². The Morgan fingerprint density at radius 2 is 1.80 bits per heavy atom. The zero-order valence-electron chi connectivity index (χ0n) is 11.3. The van der Waals surface area contributed by atoms with Crippen molar-refractivity contribution in [2.75, 3.05) is 0 Å². The van der Waals surface area contributed by atoms with Gasteiger partial charge in [0.2, 0.25) is 0 Å². The maximum absolute atomic E-state index is 13.4. The lowest BCUT2D eigenvalue weighted by atomic mass is 9.74. The second kappa shape index (κ2) is 5.72. The normalized spacial score (nSPS) is 25.5. The van der Waals surface area contributed by atoms with E-state index in [1.54, 1.807) is 13.0 Å². The number of alkyl halides is 3. The highest BCUT2D eigenvalue weighted by Crippen LogP contribution is 2.46. The van der Waals surface area contributed by atoms with Gasteiger partial charge in [-0.3, -0.25) is 0 Å². The van der Waals surface area contributed by atoms with Crippen LogP contribution < -0.4 is 0 Å². The molecule has 1 aliphatic rings. The molecule has 0 amide bonds. The van der Waals surface area contributed by atoms with Gasteiger partial charge in [-0.05, 0) is 43.0 Å². The number of hydrogen-bond donors (Lipinski definition) is 1. The lowest BCUT2D eigenvalue weighted by Gasteiger charge is -2.36. The minimum atomic E-state index is -4.31. The molecule has 5 heteroatoms. The minimum absolute atomic E-state index is 0.0412. The molecular weight excluding hydrogens is 272 g/mol. The Kier molecular flexibility index (Phi) is 4.37. The first-order chi connectivity index (χ1) is 9.29. The van der Waals surface area contributed by atoms with Crippen LogP contribution in [0.3, 0.4) is 0 Å². The second-order valence-electron chi connectivity index (χ2n) is 5.60. The summed E-state index contributed by atoms with van der Waals surface area (Å²) >= 11 is 0. The highest BCUT2D eigenvalue weighted by atomic mass is 19.4. The first kappa shape index (κ1) is 15.3. The molecule has 0 heterocycles. The van der Waals surface area contributed by atoms with Crippen molar-refractivity contribution in [2.45, 2.75) is 44.9 Å². The molecule has 1 aromatic carbocycles. The molecule has 1 N–H and O–H groups in total. The third kappa shape index (κ3) is 3.32. The van der Waals surface area contributed by atoms with E-state index < -0.39 is 29.9 Å². The summed E-state index contributed by atoms with van der Waals surface area (Å²) in [5.74, 6) is -2.92. The van der Waals surface area contributed by atoms with Crippen molar-refractivity contribution in [3.8, 4) is 0 Å². The summed E-state index contributed by atoms with van der Waals surface area (Å²) < 4.78 is 52.5. The molecule has 2 rings (SSSR count). The van der Waals surface area contributed by atoms with Gasteiger partial charge in [0.05, 0.1) is 12.0 Å². The van der Waals surface area contributed by atoms with Crippen LogP contribution in [0.25, 0.3) is 0 Å². The van der Waals surface area contributed by atoms with Crippen LogP contribution in [0, 0.1) is 24.6 Å². The van der Waals surface area contributed by atoms with E-state index >= 15 is 0 Å². The Bertz CT molecular complexity index is 449. The highest BCUT2D eigenvalue weighted by molar-refractivity contribution is 5.26. The van der Waals surface area contributed by atoms with Crippen LogP contribution >= 0.6 is 0 Å². The van der Waals surface area contributed by atoms with Crippen molar-refractivity contribution < 1.29 is 22.7 Å². The lowest BCUT2D eigenvalue weighted by molar-refractivity contribution is -0.207. The van der Waals surface area contributed by atoms with Gasteiger partial charge in [-0.1, -0.05) is 18.9 Å². The summed E-state index contributed by atoms with van der Waals surface area (Å²) in [4.78, 5) is 0. The molecule has 0 radical (unpaired) electrons. The maximum Gasteiger partial charge on any atom is 0.392 e. The average Bonchev–Trinajstić information content (AvgIpc) is 2.35. The van der Waals surface area contributed by atoms with Crippen molar-refractivity contribution in [1.82, 2.24) is 0 Å². The van der Waals surface area contributed by atoms with Crippen molar-refractivity contribution >= 4 is 0 Å². The molecule has 1 fully saturated rings. The summed E-state index contributed by atoms with van der Waals surface area (Å²) in [7, 11) is 0. The number of rotatable bonds is 2. The smallest absolute Gasteiger partial charge is 0.388 e. The number of aliphatic hydroxyl groups excluding tert-OH is 1. The van der Waals surface area contributed by atoms with E-state index in [0.29, 0.717) is 24.8 Å². The molecule has 0 spiro atoms. The fourth-order valence-electron chi connectivity index (χ4n) is 3.13. The second-order valence-corrected chi connectivity index (χ2v) is 5.60. The molecule has 0 aliphatic heterocycles. The van der Waals surface area contributed by atoms with Crippen LogP contribution in [0.2, 0.25) is 0 Å². The summed E-state index contributed by atoms with van der Waals surface area (Å²) in [6.07, 6.45) is -4.02. The molecule has 1 nitrogen and oxygen atoms in total. The standard InChI is InChI=1S/C15H18F4O/c1-9-6-10(8-11(16)7-9)14(20)12-4-2-3-5-13(12)15(17,18)19/h6-8,12-14,20H,2-5H2,1H3. The quantitative estimate of drug-likeness (QED) is 0.793. The van der Waals surface area contributed by atoms with Crippen LogP contribution in [0.1, 0.15) is 42.9 Å². The first-order valence-electron chi connectivity index (χ1n) is 6.81. The van der Waals surface area contributed by atoms with Crippen molar-refractivity contribution in [3.05, 3.63) is 35.1 Å². The Hall–Kier alpha value is -1.10. The topological polar surface area (TPSA) is 20.2 Å². The molecule has 1 aliphatic carbocycles. The Labute approximate surface area is 115 Å². The van der Waals surface area contributed by atoms with E-state index in [1.807, 2.05) is 0 Å². The van der Waals surface area contributed by atoms with Crippen LogP contribution in [-0.2, 0) is 0 Å². The van der Waals surface area contributed by atoms with E-state index in [4.69, 9.17) is 0 Å². The fraction of sp³-hybridized carbons (Fsp3) is 0.600. The Morgan fingerprint density at radius 1 is 1.15 bits per heavy atom. The van der Waals surface area contributed by atoms with E-state index in [-0.39, 0.29) is 12.0 Å². The van der Waals surface area contributed by atoms with Crippen LogP contribution in [0.15, 0.2) is 18.2 Å². The van der Waals surface area contributed by atoms with E-state index in [1.165, 1.54) is 6.07 Å². The number of aliphatic hydroxyl groups is 1. The summed E-state index contributed by atoms with van der Waals surface area (Å²) in [6.45, 7) is 1.65. The van der Waals surface area contributed by atoms with E-state index in [0.717, 1.165) is 6.07 Å². The maximum atomic E-state index is 13.4. The molecule has 20 heavy (non-hydrogen) atoms. The van der Waals surface area contributed by atoms with Gasteiger partial charge in [0, 0.05) is 5.92 Å². The SMILES string of the molecule is Cc1cc(F)cc(C(O)C2CCCCC2C(F)(F)F)c1. The zero-order chi connectivity index (χ0) is 14.9. The molecular formula is C15H18F4O. The predicted molar refractivity (Wildman–Crippen MR) is 67.6 cm³/mol.